The van der Waals surface area contributed by atoms with Gasteiger partial charge in [0.05, 0.1) is 0 Å². The van der Waals surface area contributed by atoms with Gasteiger partial charge >= 0.3 is 0 Å². The van der Waals surface area contributed by atoms with Crippen LogP contribution in [0.15, 0.2) is 24.3 Å². The Bertz CT molecular complexity index is 402. The van der Waals surface area contributed by atoms with E-state index in [0.29, 0.717) is 12.2 Å². The van der Waals surface area contributed by atoms with Crippen molar-refractivity contribution in [2.45, 2.75) is 51.9 Å². The normalized spacial score (nSPS) is 18.6. The van der Waals surface area contributed by atoms with Crippen LogP contribution in [0.3, 0.4) is 0 Å². The van der Waals surface area contributed by atoms with E-state index in [1.54, 1.807) is 0 Å². The molecule has 0 N–H and O–H groups in total. The monoisotopic (exact) mass is 248 g/mol. The van der Waals surface area contributed by atoms with Gasteiger partial charge in [-0.3, -0.25) is 4.79 Å². The second-order valence-corrected chi connectivity index (χ2v) is 5.42. The molecule has 0 atom stereocenters. The maximum absolute atomic E-state index is 12.9. The van der Waals surface area contributed by atoms with E-state index < -0.39 is 0 Å². The molecule has 0 amide bonds. The van der Waals surface area contributed by atoms with Crippen molar-refractivity contribution in [2.24, 2.45) is 5.41 Å². The summed E-state index contributed by atoms with van der Waals surface area (Å²) in [6, 6.07) is 6.60. The third kappa shape index (κ3) is 2.80. The molecule has 0 heterocycles. The first-order valence-electron chi connectivity index (χ1n) is 6.94. The van der Waals surface area contributed by atoms with Crippen molar-refractivity contribution in [2.75, 3.05) is 0 Å². The fourth-order valence-corrected chi connectivity index (χ4v) is 3.15. The highest BCUT2D eigenvalue weighted by atomic mass is 19.1. The van der Waals surface area contributed by atoms with Crippen molar-refractivity contribution in [3.63, 3.8) is 0 Å². The number of carbonyl (C=O) groups excluding carboxylic acids is 1. The molecular weight excluding hydrogens is 227 g/mol. The molecule has 0 saturated heterocycles. The van der Waals surface area contributed by atoms with Gasteiger partial charge in [-0.2, -0.15) is 0 Å². The summed E-state index contributed by atoms with van der Waals surface area (Å²) in [5, 5.41) is 0. The average Bonchev–Trinajstić information content (AvgIpc) is 2.41. The summed E-state index contributed by atoms with van der Waals surface area (Å²) in [5.41, 5.74) is 0.908. The molecular formula is C16H21FO. The van der Waals surface area contributed by atoms with Gasteiger partial charge in [-0.1, -0.05) is 38.3 Å². The fraction of sp³-hybridized carbons (Fsp3) is 0.562. The van der Waals surface area contributed by atoms with E-state index >= 15 is 0 Å². The molecule has 1 aliphatic rings. The Balaban J connectivity index is 2.19. The van der Waals surface area contributed by atoms with Crippen LogP contribution in [0.5, 0.6) is 0 Å². The van der Waals surface area contributed by atoms with Crippen LogP contribution < -0.4 is 0 Å². The molecule has 1 aromatic carbocycles. The van der Waals surface area contributed by atoms with Crippen LogP contribution in [0.25, 0.3) is 0 Å². The van der Waals surface area contributed by atoms with E-state index in [2.05, 4.69) is 0 Å². The Morgan fingerprint density at radius 1 is 1.17 bits per heavy atom. The Morgan fingerprint density at radius 2 is 1.78 bits per heavy atom. The van der Waals surface area contributed by atoms with E-state index in [0.717, 1.165) is 37.7 Å². The van der Waals surface area contributed by atoms with Gasteiger partial charge in [-0.05, 0) is 37.0 Å². The standard InChI is InChI=1S/C16H21FO/c1-2-15(18)16(10-4-3-5-11-16)12-13-6-8-14(17)9-7-13/h6-9H,2-5,10-12H2,1H3. The van der Waals surface area contributed by atoms with Crippen LogP contribution in [-0.4, -0.2) is 5.78 Å². The van der Waals surface area contributed by atoms with E-state index in [4.69, 9.17) is 0 Å². The molecule has 0 unspecified atom stereocenters. The van der Waals surface area contributed by atoms with Crippen LogP contribution >= 0.6 is 0 Å². The average molecular weight is 248 g/mol. The number of ketones is 1. The first-order chi connectivity index (χ1) is 8.66. The van der Waals surface area contributed by atoms with Gasteiger partial charge in [-0.25, -0.2) is 4.39 Å². The van der Waals surface area contributed by atoms with Crippen LogP contribution in [0.1, 0.15) is 51.0 Å². The second-order valence-electron chi connectivity index (χ2n) is 5.42. The lowest BCUT2D eigenvalue weighted by molar-refractivity contribution is -0.130. The van der Waals surface area contributed by atoms with Gasteiger partial charge in [0.2, 0.25) is 0 Å². The highest BCUT2D eigenvalue weighted by Crippen LogP contribution is 2.40. The van der Waals surface area contributed by atoms with Gasteiger partial charge in [0, 0.05) is 11.8 Å². The third-order valence-corrected chi connectivity index (χ3v) is 4.18. The number of rotatable bonds is 4. The zero-order valence-electron chi connectivity index (χ0n) is 11.0. The molecule has 0 bridgehead atoms. The molecule has 1 saturated carbocycles. The molecule has 0 aromatic heterocycles. The van der Waals surface area contributed by atoms with E-state index in [-0.39, 0.29) is 11.2 Å². The number of hydrogen-bond donors (Lipinski definition) is 0. The number of carbonyl (C=O) groups is 1. The van der Waals surface area contributed by atoms with Gasteiger partial charge in [0.15, 0.2) is 0 Å². The first kappa shape index (κ1) is 13.3. The summed E-state index contributed by atoms with van der Waals surface area (Å²) in [7, 11) is 0. The molecule has 18 heavy (non-hydrogen) atoms. The van der Waals surface area contributed by atoms with Crippen LogP contribution in [0.4, 0.5) is 4.39 Å². The molecule has 98 valence electrons. The predicted octanol–water partition coefficient (Wildman–Crippen LogP) is 4.30. The molecule has 1 nitrogen and oxygen atoms in total. The van der Waals surface area contributed by atoms with Gasteiger partial charge in [0.1, 0.15) is 11.6 Å². The third-order valence-electron chi connectivity index (χ3n) is 4.18. The summed E-state index contributed by atoms with van der Waals surface area (Å²) in [6.45, 7) is 1.95. The Labute approximate surface area is 108 Å². The number of halogens is 1. The highest BCUT2D eigenvalue weighted by Gasteiger charge is 2.37. The van der Waals surface area contributed by atoms with Crippen molar-refractivity contribution < 1.29 is 9.18 Å². The smallest absolute Gasteiger partial charge is 0.139 e. The minimum Gasteiger partial charge on any atom is -0.299 e. The Hall–Kier alpha value is -1.18. The zero-order valence-corrected chi connectivity index (χ0v) is 11.0. The summed E-state index contributed by atoms with van der Waals surface area (Å²) >= 11 is 0. The lowest BCUT2D eigenvalue weighted by Gasteiger charge is -2.36. The summed E-state index contributed by atoms with van der Waals surface area (Å²) in [4.78, 5) is 12.3. The van der Waals surface area contributed by atoms with E-state index in [1.165, 1.54) is 18.6 Å². The fourth-order valence-electron chi connectivity index (χ4n) is 3.15. The first-order valence-corrected chi connectivity index (χ1v) is 6.94. The van der Waals surface area contributed by atoms with E-state index in [9.17, 15) is 9.18 Å². The van der Waals surface area contributed by atoms with Crippen molar-refractivity contribution in [1.29, 1.82) is 0 Å². The number of benzene rings is 1. The lowest BCUT2D eigenvalue weighted by atomic mass is 9.67. The van der Waals surface area contributed by atoms with Crippen LogP contribution in [-0.2, 0) is 11.2 Å². The Kier molecular flexibility index (Phi) is 4.15. The van der Waals surface area contributed by atoms with E-state index in [1.807, 2.05) is 19.1 Å². The summed E-state index contributed by atoms with van der Waals surface area (Å²) in [5.74, 6) is 0.171. The maximum atomic E-state index is 12.9. The number of hydrogen-bond acceptors (Lipinski definition) is 1. The molecule has 1 aliphatic carbocycles. The Morgan fingerprint density at radius 3 is 2.33 bits per heavy atom. The van der Waals surface area contributed by atoms with Crippen molar-refractivity contribution in [3.8, 4) is 0 Å². The quantitative estimate of drug-likeness (QED) is 0.776. The summed E-state index contributed by atoms with van der Waals surface area (Å²) in [6.07, 6.45) is 6.91. The topological polar surface area (TPSA) is 17.1 Å². The molecule has 1 aromatic rings. The van der Waals surface area contributed by atoms with Gasteiger partial charge < -0.3 is 0 Å². The highest BCUT2D eigenvalue weighted by molar-refractivity contribution is 5.85. The molecule has 2 rings (SSSR count). The lowest BCUT2D eigenvalue weighted by Crippen LogP contribution is -2.35. The van der Waals surface area contributed by atoms with Gasteiger partial charge in [-0.15, -0.1) is 0 Å². The SMILES string of the molecule is CCC(=O)C1(Cc2ccc(F)cc2)CCCCC1. The minimum atomic E-state index is -0.210. The van der Waals surface area contributed by atoms with Crippen molar-refractivity contribution >= 4 is 5.78 Å². The molecule has 1 fully saturated rings. The molecule has 0 aliphatic heterocycles. The summed E-state index contributed by atoms with van der Waals surface area (Å²) < 4.78 is 12.9. The molecule has 0 radical (unpaired) electrons. The van der Waals surface area contributed by atoms with Crippen LogP contribution in [0, 0.1) is 11.2 Å². The second kappa shape index (κ2) is 5.64. The largest absolute Gasteiger partial charge is 0.299 e. The predicted molar refractivity (Wildman–Crippen MR) is 70.9 cm³/mol. The number of Topliss-reactive ketones (excluding diaryl/α,β-unsaturated/α-hetero) is 1. The van der Waals surface area contributed by atoms with Crippen molar-refractivity contribution in [3.05, 3.63) is 35.6 Å². The molecule has 0 spiro atoms. The van der Waals surface area contributed by atoms with Crippen molar-refractivity contribution in [1.82, 2.24) is 0 Å². The maximum Gasteiger partial charge on any atom is 0.139 e. The molecule has 2 heteroatoms. The zero-order chi connectivity index (χ0) is 13.0. The van der Waals surface area contributed by atoms with Gasteiger partial charge in [0.25, 0.3) is 0 Å². The minimum absolute atomic E-state index is 0.176. The van der Waals surface area contributed by atoms with Crippen LogP contribution in [0.2, 0.25) is 0 Å².